The molecule has 2 aromatic carbocycles. The largest absolute Gasteiger partial charge is 0.340 e. The van der Waals surface area contributed by atoms with Gasteiger partial charge in [-0.05, 0) is 60.4 Å². The number of rotatable bonds is 2. The van der Waals surface area contributed by atoms with Crippen LogP contribution in [-0.2, 0) is 12.8 Å². The SMILES string of the molecule is Fc1ccc(Nc2ncnc3c2-c2ccc(Br)cc2CC3)cc1. The number of fused-ring (bicyclic) bond motifs is 3. The molecule has 0 fully saturated rings. The van der Waals surface area contributed by atoms with Crippen LogP contribution in [0.15, 0.2) is 53.3 Å². The Labute approximate surface area is 141 Å². The van der Waals surface area contributed by atoms with E-state index in [0.29, 0.717) is 0 Å². The van der Waals surface area contributed by atoms with Gasteiger partial charge in [-0.1, -0.05) is 22.0 Å². The molecule has 23 heavy (non-hydrogen) atoms. The van der Waals surface area contributed by atoms with Gasteiger partial charge in [0.15, 0.2) is 0 Å². The number of hydrogen-bond donors (Lipinski definition) is 1. The van der Waals surface area contributed by atoms with Gasteiger partial charge < -0.3 is 5.32 Å². The van der Waals surface area contributed by atoms with Gasteiger partial charge in [0.25, 0.3) is 0 Å². The molecular formula is C18H13BrFN3. The molecule has 5 heteroatoms. The van der Waals surface area contributed by atoms with Crippen LogP contribution >= 0.6 is 15.9 Å². The average Bonchev–Trinajstić information content (AvgIpc) is 2.56. The molecule has 114 valence electrons. The number of hydrogen-bond acceptors (Lipinski definition) is 3. The minimum atomic E-state index is -0.254. The Balaban J connectivity index is 1.81. The van der Waals surface area contributed by atoms with E-state index in [0.717, 1.165) is 45.6 Å². The van der Waals surface area contributed by atoms with Gasteiger partial charge in [0.2, 0.25) is 0 Å². The molecule has 1 aliphatic carbocycles. The second-order valence-electron chi connectivity index (χ2n) is 5.48. The zero-order valence-electron chi connectivity index (χ0n) is 12.2. The molecule has 3 nitrogen and oxygen atoms in total. The summed E-state index contributed by atoms with van der Waals surface area (Å²) in [4.78, 5) is 8.84. The van der Waals surface area contributed by atoms with E-state index < -0.39 is 0 Å². The van der Waals surface area contributed by atoms with Gasteiger partial charge in [0.05, 0.1) is 5.69 Å². The molecule has 0 unspecified atom stereocenters. The van der Waals surface area contributed by atoms with E-state index >= 15 is 0 Å². The molecule has 0 saturated carbocycles. The molecule has 0 saturated heterocycles. The second-order valence-corrected chi connectivity index (χ2v) is 6.39. The number of nitrogens with zero attached hydrogens (tertiary/aromatic N) is 2. The lowest BCUT2D eigenvalue weighted by molar-refractivity contribution is 0.628. The summed E-state index contributed by atoms with van der Waals surface area (Å²) in [6.45, 7) is 0. The lowest BCUT2D eigenvalue weighted by atomic mass is 9.89. The zero-order chi connectivity index (χ0) is 15.8. The normalized spacial score (nSPS) is 12.4. The Morgan fingerprint density at radius 3 is 2.65 bits per heavy atom. The molecular weight excluding hydrogens is 357 g/mol. The monoisotopic (exact) mass is 369 g/mol. The Morgan fingerprint density at radius 2 is 1.83 bits per heavy atom. The molecule has 1 heterocycles. The smallest absolute Gasteiger partial charge is 0.141 e. The highest BCUT2D eigenvalue weighted by atomic mass is 79.9. The van der Waals surface area contributed by atoms with Crippen molar-refractivity contribution in [1.82, 2.24) is 9.97 Å². The summed E-state index contributed by atoms with van der Waals surface area (Å²) in [5, 5.41) is 3.29. The summed E-state index contributed by atoms with van der Waals surface area (Å²) in [6, 6.07) is 12.5. The van der Waals surface area contributed by atoms with Crippen molar-refractivity contribution >= 4 is 27.4 Å². The van der Waals surface area contributed by atoms with Crippen molar-refractivity contribution in [3.63, 3.8) is 0 Å². The second kappa shape index (κ2) is 5.74. The van der Waals surface area contributed by atoms with Crippen LogP contribution < -0.4 is 5.32 Å². The Hall–Kier alpha value is -2.27. The maximum atomic E-state index is 13.1. The van der Waals surface area contributed by atoms with Gasteiger partial charge in [-0.3, -0.25) is 0 Å². The number of nitrogens with one attached hydrogen (secondary N) is 1. The molecule has 0 spiro atoms. The summed E-state index contributed by atoms with van der Waals surface area (Å²) in [5.41, 5.74) is 5.31. The topological polar surface area (TPSA) is 37.8 Å². The Morgan fingerprint density at radius 1 is 1.00 bits per heavy atom. The molecule has 4 rings (SSSR count). The molecule has 3 aromatic rings. The van der Waals surface area contributed by atoms with E-state index in [-0.39, 0.29) is 5.82 Å². The van der Waals surface area contributed by atoms with Crippen molar-refractivity contribution < 1.29 is 4.39 Å². The molecule has 1 N–H and O–H groups in total. The number of benzene rings is 2. The third-order valence-electron chi connectivity index (χ3n) is 4.00. The van der Waals surface area contributed by atoms with Crippen LogP contribution in [0.1, 0.15) is 11.3 Å². The first kappa shape index (κ1) is 14.3. The minimum Gasteiger partial charge on any atom is -0.340 e. The van der Waals surface area contributed by atoms with Gasteiger partial charge in [-0.2, -0.15) is 0 Å². The fourth-order valence-electron chi connectivity index (χ4n) is 2.93. The quantitative estimate of drug-likeness (QED) is 0.698. The summed E-state index contributed by atoms with van der Waals surface area (Å²) >= 11 is 3.53. The van der Waals surface area contributed by atoms with E-state index in [1.165, 1.54) is 17.7 Å². The lowest BCUT2D eigenvalue weighted by Crippen LogP contribution is -2.10. The van der Waals surface area contributed by atoms with Crippen LogP contribution in [0.25, 0.3) is 11.1 Å². The fraction of sp³-hybridized carbons (Fsp3) is 0.111. The maximum Gasteiger partial charge on any atom is 0.141 e. The van der Waals surface area contributed by atoms with Crippen molar-refractivity contribution in [3.8, 4) is 11.1 Å². The minimum absolute atomic E-state index is 0.254. The molecule has 1 aromatic heterocycles. The van der Waals surface area contributed by atoms with E-state index in [9.17, 15) is 4.39 Å². The standard InChI is InChI=1S/C18H13BrFN3/c19-12-2-7-15-11(9-12)1-8-16-17(15)18(22-10-21-16)23-14-5-3-13(20)4-6-14/h2-7,9-10H,1,8H2,(H,21,22,23). The number of aromatic nitrogens is 2. The first-order valence-electron chi connectivity index (χ1n) is 7.36. The molecule has 0 radical (unpaired) electrons. The van der Waals surface area contributed by atoms with Crippen LogP contribution in [0.2, 0.25) is 0 Å². The van der Waals surface area contributed by atoms with Gasteiger partial charge in [-0.25, -0.2) is 14.4 Å². The maximum absolute atomic E-state index is 13.1. The van der Waals surface area contributed by atoms with Crippen LogP contribution in [-0.4, -0.2) is 9.97 Å². The fourth-order valence-corrected chi connectivity index (χ4v) is 3.33. The van der Waals surface area contributed by atoms with Crippen molar-refractivity contribution in [1.29, 1.82) is 0 Å². The summed E-state index contributed by atoms with van der Waals surface area (Å²) in [7, 11) is 0. The van der Waals surface area contributed by atoms with Crippen LogP contribution in [0, 0.1) is 5.82 Å². The van der Waals surface area contributed by atoms with Crippen LogP contribution in [0.4, 0.5) is 15.9 Å². The summed E-state index contributed by atoms with van der Waals surface area (Å²) < 4.78 is 14.1. The first-order chi connectivity index (χ1) is 11.2. The molecule has 0 bridgehead atoms. The first-order valence-corrected chi connectivity index (χ1v) is 8.15. The highest BCUT2D eigenvalue weighted by Crippen LogP contribution is 2.38. The molecule has 1 aliphatic rings. The van der Waals surface area contributed by atoms with Crippen molar-refractivity contribution in [2.45, 2.75) is 12.8 Å². The number of aryl methyl sites for hydroxylation is 2. The van der Waals surface area contributed by atoms with Gasteiger partial charge >= 0.3 is 0 Å². The third kappa shape index (κ3) is 2.72. The molecule has 0 aliphatic heterocycles. The van der Waals surface area contributed by atoms with Crippen molar-refractivity contribution in [3.05, 3.63) is 70.3 Å². The van der Waals surface area contributed by atoms with E-state index in [2.05, 4.69) is 43.3 Å². The molecule has 0 atom stereocenters. The lowest BCUT2D eigenvalue weighted by Gasteiger charge is -2.21. The van der Waals surface area contributed by atoms with Crippen molar-refractivity contribution in [2.24, 2.45) is 0 Å². The van der Waals surface area contributed by atoms with Crippen LogP contribution in [0.3, 0.4) is 0 Å². The van der Waals surface area contributed by atoms with Crippen LogP contribution in [0.5, 0.6) is 0 Å². The van der Waals surface area contributed by atoms with Gasteiger partial charge in [-0.15, -0.1) is 0 Å². The average molecular weight is 370 g/mol. The van der Waals surface area contributed by atoms with E-state index in [1.54, 1.807) is 18.5 Å². The van der Waals surface area contributed by atoms with Gasteiger partial charge in [0, 0.05) is 15.7 Å². The van der Waals surface area contributed by atoms with Crippen molar-refractivity contribution in [2.75, 3.05) is 5.32 Å². The predicted molar refractivity (Wildman–Crippen MR) is 92.3 cm³/mol. The molecule has 0 amide bonds. The highest BCUT2D eigenvalue weighted by molar-refractivity contribution is 9.10. The third-order valence-corrected chi connectivity index (χ3v) is 4.49. The summed E-state index contributed by atoms with van der Waals surface area (Å²) in [6.07, 6.45) is 3.43. The number of anilines is 2. The Bertz CT molecular complexity index is 878. The van der Waals surface area contributed by atoms with Gasteiger partial charge in [0.1, 0.15) is 18.0 Å². The zero-order valence-corrected chi connectivity index (χ0v) is 13.8. The predicted octanol–water partition coefficient (Wildman–Crippen LogP) is 4.89. The highest BCUT2D eigenvalue weighted by Gasteiger charge is 2.21. The summed E-state index contributed by atoms with van der Waals surface area (Å²) in [5.74, 6) is 0.500. The number of halogens is 2. The van der Waals surface area contributed by atoms with E-state index in [4.69, 9.17) is 0 Å². The van der Waals surface area contributed by atoms with E-state index in [1.807, 2.05) is 6.07 Å². The Kier molecular flexibility index (Phi) is 3.58.